The number of aromatic carboxylic acids is 1. The molecule has 1 N–H and O–H groups in total. The van der Waals surface area contributed by atoms with Crippen molar-refractivity contribution in [2.24, 2.45) is 38.4 Å². The predicted octanol–water partition coefficient (Wildman–Crippen LogP) is 11.8. The van der Waals surface area contributed by atoms with Gasteiger partial charge < -0.3 is 5.11 Å². The molecule has 8 aliphatic carbocycles. The van der Waals surface area contributed by atoms with Crippen LogP contribution in [0.25, 0.3) is 11.1 Å². The molecule has 0 saturated heterocycles. The lowest BCUT2D eigenvalue weighted by molar-refractivity contribution is -0.404. The lowest BCUT2D eigenvalue weighted by Crippen LogP contribution is -2.75. The van der Waals surface area contributed by atoms with Gasteiger partial charge in [-0.2, -0.15) is 52.7 Å². The van der Waals surface area contributed by atoms with Gasteiger partial charge in [-0.3, -0.25) is 0 Å². The Hall–Kier alpha value is -2.93. The van der Waals surface area contributed by atoms with Gasteiger partial charge in [0.1, 0.15) is 0 Å². The van der Waals surface area contributed by atoms with Crippen LogP contribution in [0.1, 0.15) is 93.0 Å². The van der Waals surface area contributed by atoms with E-state index in [1.807, 2.05) is 0 Å². The van der Waals surface area contributed by atoms with Gasteiger partial charge in [-0.05, 0) is 128 Å². The summed E-state index contributed by atoms with van der Waals surface area (Å²) >= 11 is 0. The Balaban J connectivity index is 1.42. The number of carboxylic acid groups (broad SMARTS) is 1. The molecule has 8 fully saturated rings. The highest BCUT2D eigenvalue weighted by atomic mass is 19.4. The van der Waals surface area contributed by atoms with E-state index in [1.165, 1.54) is 12.1 Å². The summed E-state index contributed by atoms with van der Waals surface area (Å²) < 4.78 is 185. The SMILES string of the molecule is O=C(O)c1ccc(-c2ccccc2)cc1C12CC3(C(F)(F)F)CC(C(F)(F)F)(C1)CC(C14CC5CC(C(F)(F)F)(CC(C(F)(F)F)(C5)C1)C4)(C2)C3. The molecule has 0 aromatic heterocycles. The van der Waals surface area contributed by atoms with E-state index >= 15 is 52.7 Å². The Morgan fingerprint density at radius 1 is 0.529 bits per heavy atom. The maximum atomic E-state index is 15.7. The van der Waals surface area contributed by atoms with Crippen molar-refractivity contribution in [2.45, 2.75) is 107 Å². The zero-order chi connectivity index (χ0) is 37.1. The van der Waals surface area contributed by atoms with Crippen molar-refractivity contribution < 1.29 is 62.6 Å². The van der Waals surface area contributed by atoms with Crippen LogP contribution >= 0.6 is 0 Å². The third-order valence-electron chi connectivity index (χ3n) is 14.6. The molecule has 0 heterocycles. The first-order chi connectivity index (χ1) is 23.3. The van der Waals surface area contributed by atoms with Crippen molar-refractivity contribution in [3.8, 4) is 11.1 Å². The van der Waals surface area contributed by atoms with Crippen LogP contribution in [-0.2, 0) is 5.41 Å². The molecule has 10 rings (SSSR count). The van der Waals surface area contributed by atoms with E-state index in [1.54, 1.807) is 30.3 Å². The number of alkyl halides is 12. The van der Waals surface area contributed by atoms with Gasteiger partial charge in [0.25, 0.3) is 0 Å². The monoisotopic (exact) mass is 738 g/mol. The zero-order valence-corrected chi connectivity index (χ0v) is 27.1. The van der Waals surface area contributed by atoms with Crippen LogP contribution in [0.3, 0.4) is 0 Å². The van der Waals surface area contributed by atoms with Crippen LogP contribution in [0.4, 0.5) is 52.7 Å². The Morgan fingerprint density at radius 2 is 1.00 bits per heavy atom. The lowest BCUT2D eigenvalue weighted by Gasteiger charge is -2.78. The molecule has 0 aliphatic heterocycles. The standard InChI is InChI=1S/C37H34F12O2/c38-34(39,40)29-10-21-9-28(15-29,16-30(11-21,17-29)35(41,42)43)31-12-27(25-8-23(6-7-24(25)26(50)51)22-4-2-1-3-5-22)13-32(18-31,36(44,45)46)20-33(14-27,19-31)37(47,48)49/h1-8,21H,9-20H2,(H,50,51). The van der Waals surface area contributed by atoms with Gasteiger partial charge in [0.05, 0.1) is 27.2 Å². The fraction of sp³-hybridized carbons (Fsp3) is 0.649. The molecule has 8 bridgehead atoms. The average molecular weight is 739 g/mol. The van der Waals surface area contributed by atoms with Crippen LogP contribution < -0.4 is 0 Å². The van der Waals surface area contributed by atoms with Crippen molar-refractivity contribution in [2.75, 3.05) is 0 Å². The van der Waals surface area contributed by atoms with Gasteiger partial charge in [0, 0.05) is 0 Å². The Morgan fingerprint density at radius 3 is 1.47 bits per heavy atom. The van der Waals surface area contributed by atoms with Crippen molar-refractivity contribution in [1.82, 2.24) is 0 Å². The maximum Gasteiger partial charge on any atom is 0.394 e. The second-order valence-corrected chi connectivity index (χ2v) is 17.5. The second-order valence-electron chi connectivity index (χ2n) is 17.5. The highest BCUT2D eigenvalue weighted by molar-refractivity contribution is 5.91. The summed E-state index contributed by atoms with van der Waals surface area (Å²) in [5.74, 6) is -2.81. The quantitative estimate of drug-likeness (QED) is 0.317. The lowest BCUT2D eigenvalue weighted by atomic mass is 9.25. The number of carbonyl (C=O) groups is 1. The highest BCUT2D eigenvalue weighted by Crippen LogP contribution is 2.88. The van der Waals surface area contributed by atoms with E-state index in [2.05, 4.69) is 0 Å². The first-order valence-corrected chi connectivity index (χ1v) is 17.0. The third-order valence-corrected chi connectivity index (χ3v) is 14.6. The van der Waals surface area contributed by atoms with E-state index in [-0.39, 0.29) is 12.0 Å². The molecule has 8 saturated carbocycles. The first-order valence-electron chi connectivity index (χ1n) is 17.0. The normalized spacial score (nSPS) is 41.7. The van der Waals surface area contributed by atoms with Crippen molar-refractivity contribution in [3.05, 3.63) is 59.7 Å². The molecule has 8 aliphatic rings. The highest BCUT2D eigenvalue weighted by Gasteiger charge is 2.86. The molecule has 278 valence electrons. The first kappa shape index (κ1) is 35.1. The van der Waals surface area contributed by atoms with Crippen molar-refractivity contribution >= 4 is 5.97 Å². The molecule has 4 unspecified atom stereocenters. The van der Waals surface area contributed by atoms with Gasteiger partial charge >= 0.3 is 30.7 Å². The molecule has 4 atom stereocenters. The van der Waals surface area contributed by atoms with E-state index in [0.29, 0.717) is 11.1 Å². The number of carboxylic acids is 1. The number of rotatable bonds is 4. The molecule has 2 aromatic rings. The average Bonchev–Trinajstić information content (AvgIpc) is 2.98. The van der Waals surface area contributed by atoms with Crippen LogP contribution in [0, 0.1) is 38.4 Å². The van der Waals surface area contributed by atoms with Gasteiger partial charge in [0.2, 0.25) is 0 Å². The summed E-state index contributed by atoms with van der Waals surface area (Å²) in [6, 6.07) is 12.0. The van der Waals surface area contributed by atoms with E-state index in [0.717, 1.165) is 6.07 Å². The van der Waals surface area contributed by atoms with E-state index in [9.17, 15) is 9.90 Å². The zero-order valence-electron chi connectivity index (χ0n) is 27.1. The molecule has 51 heavy (non-hydrogen) atoms. The van der Waals surface area contributed by atoms with E-state index in [4.69, 9.17) is 0 Å². The van der Waals surface area contributed by atoms with Crippen molar-refractivity contribution in [3.63, 3.8) is 0 Å². The number of hydrogen-bond acceptors (Lipinski definition) is 1. The van der Waals surface area contributed by atoms with E-state index < -0.39 is 151 Å². The topological polar surface area (TPSA) is 37.3 Å². The number of hydrogen-bond donors (Lipinski definition) is 1. The smallest absolute Gasteiger partial charge is 0.394 e. The summed E-state index contributed by atoms with van der Waals surface area (Å²) in [6.07, 6.45) is -31.9. The summed E-state index contributed by atoms with van der Waals surface area (Å²) in [5.41, 5.74) is -18.7. The van der Waals surface area contributed by atoms with Gasteiger partial charge in [-0.1, -0.05) is 36.4 Å². The third kappa shape index (κ3) is 4.48. The minimum absolute atomic E-state index is 0.289. The Labute approximate surface area is 285 Å². The molecule has 2 nitrogen and oxygen atoms in total. The summed E-state index contributed by atoms with van der Waals surface area (Å²) in [4.78, 5) is 12.7. The van der Waals surface area contributed by atoms with Crippen LogP contribution in [-0.4, -0.2) is 35.8 Å². The predicted molar refractivity (Wildman–Crippen MR) is 158 cm³/mol. The molecular formula is C37H34F12O2. The summed E-state index contributed by atoms with van der Waals surface area (Å²) in [5, 5.41) is 10.3. The summed E-state index contributed by atoms with van der Waals surface area (Å²) in [6.45, 7) is 0. The maximum absolute atomic E-state index is 15.7. The fourth-order valence-corrected chi connectivity index (χ4v) is 13.7. The van der Waals surface area contributed by atoms with Crippen molar-refractivity contribution in [1.29, 1.82) is 0 Å². The molecule has 0 radical (unpaired) electrons. The molecular weight excluding hydrogens is 704 g/mol. The van der Waals surface area contributed by atoms with Gasteiger partial charge in [0.15, 0.2) is 0 Å². The van der Waals surface area contributed by atoms with Gasteiger partial charge in [-0.25, -0.2) is 4.79 Å². The second kappa shape index (κ2) is 9.78. The minimum Gasteiger partial charge on any atom is -0.478 e. The molecule has 0 spiro atoms. The molecule has 14 heteroatoms. The molecule has 0 amide bonds. The van der Waals surface area contributed by atoms with Crippen LogP contribution in [0.2, 0.25) is 0 Å². The largest absolute Gasteiger partial charge is 0.478 e. The fourth-order valence-electron chi connectivity index (χ4n) is 13.7. The Kier molecular flexibility index (Phi) is 6.73. The number of halogens is 12. The summed E-state index contributed by atoms with van der Waals surface area (Å²) in [7, 11) is 0. The van der Waals surface area contributed by atoms with Gasteiger partial charge in [-0.15, -0.1) is 0 Å². The number of benzene rings is 2. The Bertz CT molecular complexity index is 1730. The molecule has 2 aromatic carbocycles. The van der Waals surface area contributed by atoms with Crippen LogP contribution in [0.15, 0.2) is 48.5 Å². The van der Waals surface area contributed by atoms with Crippen LogP contribution in [0.5, 0.6) is 0 Å². The minimum atomic E-state index is -5.33.